The number of pyridine rings is 1. The molecule has 3 nitrogen and oxygen atoms in total. The highest BCUT2D eigenvalue weighted by Crippen LogP contribution is 2.23. The molecule has 0 saturated heterocycles. The Hall–Kier alpha value is -2.20. The minimum atomic E-state index is 0.805. The van der Waals surface area contributed by atoms with E-state index in [2.05, 4.69) is 27.5 Å². The first-order valence-electron chi connectivity index (χ1n) is 6.51. The first kappa shape index (κ1) is 12.8. The smallest absolute Gasteiger partial charge is 0.0935 e. The largest absolute Gasteiger partial charge is 0.398 e. The van der Waals surface area contributed by atoms with Crippen molar-refractivity contribution in [3.05, 3.63) is 64.7 Å². The standard InChI is InChI=1S/C16H15N3S/c17-14-8-9-18-10-13(14)6-7-16-19-15(11-20-16)12-4-2-1-3-5-12/h1-5,8-11H,6-7H2,(H2,17,18). The van der Waals surface area contributed by atoms with Gasteiger partial charge in [0.1, 0.15) is 0 Å². The summed E-state index contributed by atoms with van der Waals surface area (Å²) in [5.74, 6) is 0. The molecule has 0 fully saturated rings. The third kappa shape index (κ3) is 2.86. The van der Waals surface area contributed by atoms with Crippen molar-refractivity contribution in [3.63, 3.8) is 0 Å². The number of aromatic nitrogens is 2. The van der Waals surface area contributed by atoms with Crippen LogP contribution in [0, 0.1) is 0 Å². The van der Waals surface area contributed by atoms with Gasteiger partial charge in [-0.05, 0) is 18.1 Å². The molecule has 1 aromatic carbocycles. The molecule has 2 aromatic heterocycles. The van der Waals surface area contributed by atoms with E-state index in [9.17, 15) is 0 Å². The molecule has 3 rings (SSSR count). The van der Waals surface area contributed by atoms with Crippen molar-refractivity contribution in [3.8, 4) is 11.3 Å². The first-order chi connectivity index (χ1) is 9.83. The van der Waals surface area contributed by atoms with E-state index in [0.29, 0.717) is 0 Å². The summed E-state index contributed by atoms with van der Waals surface area (Å²) in [5.41, 5.74) is 10.0. The highest BCUT2D eigenvalue weighted by molar-refractivity contribution is 7.09. The third-order valence-electron chi connectivity index (χ3n) is 3.17. The summed E-state index contributed by atoms with van der Waals surface area (Å²) in [6, 6.07) is 12.1. The van der Waals surface area contributed by atoms with Crippen LogP contribution in [0.1, 0.15) is 10.6 Å². The van der Waals surface area contributed by atoms with E-state index < -0.39 is 0 Å². The van der Waals surface area contributed by atoms with Gasteiger partial charge in [-0.15, -0.1) is 11.3 Å². The monoisotopic (exact) mass is 281 g/mol. The maximum absolute atomic E-state index is 5.92. The molecule has 3 aromatic rings. The van der Waals surface area contributed by atoms with E-state index in [0.717, 1.165) is 40.4 Å². The van der Waals surface area contributed by atoms with E-state index >= 15 is 0 Å². The van der Waals surface area contributed by atoms with Crippen LogP contribution in [0.4, 0.5) is 5.69 Å². The Labute approximate surface area is 122 Å². The number of thiazole rings is 1. The summed E-state index contributed by atoms with van der Waals surface area (Å²) in [7, 11) is 0. The summed E-state index contributed by atoms with van der Waals surface area (Å²) in [4.78, 5) is 8.80. The van der Waals surface area contributed by atoms with Gasteiger partial charge >= 0.3 is 0 Å². The van der Waals surface area contributed by atoms with E-state index in [1.807, 2.05) is 30.5 Å². The molecule has 0 amide bonds. The van der Waals surface area contributed by atoms with Crippen molar-refractivity contribution >= 4 is 17.0 Å². The average molecular weight is 281 g/mol. The molecule has 2 N–H and O–H groups in total. The van der Waals surface area contributed by atoms with Crippen molar-refractivity contribution in [1.29, 1.82) is 0 Å². The fourth-order valence-corrected chi connectivity index (χ4v) is 2.86. The highest BCUT2D eigenvalue weighted by Gasteiger charge is 2.05. The topological polar surface area (TPSA) is 51.8 Å². The second-order valence-electron chi connectivity index (χ2n) is 4.57. The molecule has 0 atom stereocenters. The maximum Gasteiger partial charge on any atom is 0.0935 e. The summed E-state index contributed by atoms with van der Waals surface area (Å²) in [6.45, 7) is 0. The molecule has 20 heavy (non-hydrogen) atoms. The van der Waals surface area contributed by atoms with Crippen LogP contribution < -0.4 is 5.73 Å². The molecule has 0 aliphatic carbocycles. The quantitative estimate of drug-likeness (QED) is 0.795. The van der Waals surface area contributed by atoms with Gasteiger partial charge in [0.25, 0.3) is 0 Å². The molecule has 100 valence electrons. The molecular weight excluding hydrogens is 266 g/mol. The zero-order valence-corrected chi connectivity index (χ0v) is 11.8. The summed E-state index contributed by atoms with van der Waals surface area (Å²) < 4.78 is 0. The lowest BCUT2D eigenvalue weighted by atomic mass is 10.1. The number of anilines is 1. The lowest BCUT2D eigenvalue weighted by Crippen LogP contribution is -1.97. The van der Waals surface area contributed by atoms with Crippen LogP contribution in [0.5, 0.6) is 0 Å². The predicted octanol–water partition coefficient (Wildman–Crippen LogP) is 3.57. The van der Waals surface area contributed by atoms with Gasteiger partial charge < -0.3 is 5.73 Å². The number of rotatable bonds is 4. The Morgan fingerprint density at radius 3 is 2.70 bits per heavy atom. The number of aryl methyl sites for hydroxylation is 2. The van der Waals surface area contributed by atoms with Crippen LogP contribution in [0.15, 0.2) is 54.2 Å². The first-order valence-corrected chi connectivity index (χ1v) is 7.39. The van der Waals surface area contributed by atoms with Crippen molar-refractivity contribution in [1.82, 2.24) is 9.97 Å². The molecule has 0 bridgehead atoms. The van der Waals surface area contributed by atoms with Crippen LogP contribution in [-0.2, 0) is 12.8 Å². The molecule has 2 heterocycles. The zero-order chi connectivity index (χ0) is 13.8. The van der Waals surface area contributed by atoms with E-state index in [1.54, 1.807) is 17.5 Å². The normalized spacial score (nSPS) is 10.6. The van der Waals surface area contributed by atoms with E-state index in [1.165, 1.54) is 0 Å². The van der Waals surface area contributed by atoms with Crippen LogP contribution in [0.2, 0.25) is 0 Å². The minimum absolute atomic E-state index is 0.805. The zero-order valence-electron chi connectivity index (χ0n) is 11.0. The van der Waals surface area contributed by atoms with E-state index in [-0.39, 0.29) is 0 Å². The molecule has 0 unspecified atom stereocenters. The SMILES string of the molecule is Nc1ccncc1CCc1nc(-c2ccccc2)cs1. The second kappa shape index (κ2) is 5.84. The minimum Gasteiger partial charge on any atom is -0.398 e. The Kier molecular flexibility index (Phi) is 3.74. The molecular formula is C16H15N3S. The van der Waals surface area contributed by atoms with Gasteiger partial charge in [-0.1, -0.05) is 30.3 Å². The molecule has 0 radical (unpaired) electrons. The predicted molar refractivity (Wildman–Crippen MR) is 83.6 cm³/mol. The van der Waals surface area contributed by atoms with Gasteiger partial charge in [0.05, 0.1) is 10.7 Å². The average Bonchev–Trinajstić information content (AvgIpc) is 2.96. The Morgan fingerprint density at radius 2 is 1.90 bits per heavy atom. The van der Waals surface area contributed by atoms with Gasteiger partial charge in [0, 0.05) is 35.4 Å². The van der Waals surface area contributed by atoms with Crippen LogP contribution in [-0.4, -0.2) is 9.97 Å². The second-order valence-corrected chi connectivity index (χ2v) is 5.51. The van der Waals surface area contributed by atoms with Gasteiger partial charge in [0.15, 0.2) is 0 Å². The molecule has 0 saturated carbocycles. The van der Waals surface area contributed by atoms with Crippen LogP contribution >= 0.6 is 11.3 Å². The van der Waals surface area contributed by atoms with Crippen molar-refractivity contribution in [2.45, 2.75) is 12.8 Å². The van der Waals surface area contributed by atoms with Gasteiger partial charge in [-0.2, -0.15) is 0 Å². The Balaban J connectivity index is 1.71. The molecule has 0 aliphatic rings. The highest BCUT2D eigenvalue weighted by atomic mass is 32.1. The molecule has 0 aliphatic heterocycles. The van der Waals surface area contributed by atoms with Crippen LogP contribution in [0.25, 0.3) is 11.3 Å². The van der Waals surface area contributed by atoms with Crippen LogP contribution in [0.3, 0.4) is 0 Å². The van der Waals surface area contributed by atoms with Crippen molar-refractivity contribution in [2.75, 3.05) is 5.73 Å². The maximum atomic E-state index is 5.92. The van der Waals surface area contributed by atoms with Gasteiger partial charge in [0.2, 0.25) is 0 Å². The molecule has 0 spiro atoms. The number of hydrogen-bond donors (Lipinski definition) is 1. The van der Waals surface area contributed by atoms with Gasteiger partial charge in [-0.3, -0.25) is 4.98 Å². The Morgan fingerprint density at radius 1 is 1.05 bits per heavy atom. The number of nitrogens with zero attached hydrogens (tertiary/aromatic N) is 2. The Bertz CT molecular complexity index is 692. The number of benzene rings is 1. The number of hydrogen-bond acceptors (Lipinski definition) is 4. The van der Waals surface area contributed by atoms with Crippen molar-refractivity contribution in [2.24, 2.45) is 0 Å². The van der Waals surface area contributed by atoms with E-state index in [4.69, 9.17) is 5.73 Å². The number of nitrogen functional groups attached to an aromatic ring is 1. The lowest BCUT2D eigenvalue weighted by Gasteiger charge is -2.02. The lowest BCUT2D eigenvalue weighted by molar-refractivity contribution is 0.939. The third-order valence-corrected chi connectivity index (χ3v) is 4.08. The number of nitrogens with two attached hydrogens (primary N) is 1. The fourth-order valence-electron chi connectivity index (χ4n) is 2.06. The molecule has 4 heteroatoms. The van der Waals surface area contributed by atoms with Crippen molar-refractivity contribution < 1.29 is 0 Å². The summed E-state index contributed by atoms with van der Waals surface area (Å²) in [5, 5.41) is 3.24. The van der Waals surface area contributed by atoms with Gasteiger partial charge in [-0.25, -0.2) is 4.98 Å². The summed E-state index contributed by atoms with van der Waals surface area (Å²) >= 11 is 1.70. The summed E-state index contributed by atoms with van der Waals surface area (Å²) in [6.07, 6.45) is 5.32. The fraction of sp³-hybridized carbons (Fsp3) is 0.125.